The molecule has 0 saturated heterocycles. The summed E-state index contributed by atoms with van der Waals surface area (Å²) in [6.07, 6.45) is 5.88. The molecular weight excluding hydrogens is 364 g/mol. The molecule has 1 aliphatic carbocycles. The van der Waals surface area contributed by atoms with E-state index < -0.39 is 0 Å². The second kappa shape index (κ2) is 5.93. The minimum absolute atomic E-state index is 0.00718. The lowest BCUT2D eigenvalue weighted by molar-refractivity contribution is 0.958. The van der Waals surface area contributed by atoms with Crippen molar-refractivity contribution < 1.29 is 0 Å². The number of benzene rings is 2. The van der Waals surface area contributed by atoms with Gasteiger partial charge in [0, 0.05) is 5.56 Å². The first kappa shape index (κ1) is 15.5. The molecule has 0 bridgehead atoms. The van der Waals surface area contributed by atoms with E-state index in [0.717, 1.165) is 44.7 Å². The van der Waals surface area contributed by atoms with Gasteiger partial charge in [0.2, 0.25) is 0 Å². The molecule has 0 saturated carbocycles. The Balaban J connectivity index is 1.58. The predicted molar refractivity (Wildman–Crippen MR) is 108 cm³/mol. The van der Waals surface area contributed by atoms with Crippen LogP contribution in [-0.2, 0) is 6.42 Å². The molecule has 4 nitrogen and oxygen atoms in total. The lowest BCUT2D eigenvalue weighted by atomic mass is 10.1. The zero-order valence-electron chi connectivity index (χ0n) is 13.7. The molecule has 6 heteroatoms. The van der Waals surface area contributed by atoms with Gasteiger partial charge in [-0.1, -0.05) is 41.3 Å². The Morgan fingerprint density at radius 2 is 1.50 bits per heavy atom. The minimum atomic E-state index is -0.00718. The molecule has 4 aromatic rings. The van der Waals surface area contributed by atoms with E-state index in [1.165, 1.54) is 23.1 Å². The van der Waals surface area contributed by atoms with Crippen molar-refractivity contribution in [1.29, 1.82) is 0 Å². The van der Waals surface area contributed by atoms with Crippen LogP contribution in [0.3, 0.4) is 0 Å². The molecule has 0 aliphatic heterocycles. The fourth-order valence-corrected chi connectivity index (χ4v) is 5.31. The lowest BCUT2D eigenvalue weighted by Crippen LogP contribution is -2.16. The number of hydrogen-bond donors (Lipinski definition) is 0. The maximum absolute atomic E-state index is 12.6. The summed E-state index contributed by atoms with van der Waals surface area (Å²) in [6.45, 7) is 0. The quantitative estimate of drug-likeness (QED) is 0.524. The molecule has 0 fully saturated rings. The first-order valence-corrected chi connectivity index (χ1v) is 9.91. The van der Waals surface area contributed by atoms with Crippen LogP contribution in [0.15, 0.2) is 64.2 Å². The van der Waals surface area contributed by atoms with Gasteiger partial charge in [-0.15, -0.1) is 0 Å². The Kier molecular flexibility index (Phi) is 3.55. The van der Waals surface area contributed by atoms with Gasteiger partial charge in [0.25, 0.3) is 11.1 Å². The summed E-state index contributed by atoms with van der Waals surface area (Å²) in [7, 11) is 0. The average Bonchev–Trinajstić information content (AvgIpc) is 3.20. The maximum atomic E-state index is 12.6. The summed E-state index contributed by atoms with van der Waals surface area (Å²) < 4.78 is 4.40. The molecule has 2 aromatic carbocycles. The van der Waals surface area contributed by atoms with Gasteiger partial charge < -0.3 is 0 Å². The van der Waals surface area contributed by atoms with Crippen molar-refractivity contribution in [2.24, 2.45) is 0 Å². The van der Waals surface area contributed by atoms with E-state index in [1.807, 2.05) is 54.6 Å². The van der Waals surface area contributed by atoms with Crippen LogP contribution in [0, 0.1) is 0 Å². The average molecular weight is 378 g/mol. The first-order valence-electron chi connectivity index (χ1n) is 8.36. The molecular formula is C20H14N2O2S2. The van der Waals surface area contributed by atoms with E-state index in [1.54, 1.807) is 7.91 Å². The highest BCUT2D eigenvalue weighted by Crippen LogP contribution is 2.25. The second-order valence-corrected chi connectivity index (χ2v) is 8.15. The third-order valence-electron chi connectivity index (χ3n) is 4.57. The zero-order valence-corrected chi connectivity index (χ0v) is 15.3. The molecule has 26 heavy (non-hydrogen) atoms. The van der Waals surface area contributed by atoms with Crippen LogP contribution in [0.2, 0.25) is 0 Å². The van der Waals surface area contributed by atoms with Crippen LogP contribution < -0.4 is 11.1 Å². The Morgan fingerprint density at radius 3 is 2.19 bits per heavy atom. The summed E-state index contributed by atoms with van der Waals surface area (Å²) in [4.78, 5) is 26.3. The van der Waals surface area contributed by atoms with Crippen LogP contribution in [-0.4, -0.2) is 7.91 Å². The Morgan fingerprint density at radius 1 is 0.808 bits per heavy atom. The maximum Gasteiger partial charge on any atom is 0.273 e. The molecule has 0 atom stereocenters. The van der Waals surface area contributed by atoms with Gasteiger partial charge >= 0.3 is 0 Å². The molecule has 128 valence electrons. The molecule has 0 spiro atoms. The van der Waals surface area contributed by atoms with E-state index in [0.29, 0.717) is 0 Å². The smallest absolute Gasteiger partial charge is 0.268 e. The van der Waals surface area contributed by atoms with Crippen LogP contribution in [0.1, 0.15) is 16.9 Å². The van der Waals surface area contributed by atoms with Crippen molar-refractivity contribution in [2.45, 2.75) is 12.8 Å². The summed E-state index contributed by atoms with van der Waals surface area (Å²) in [5.74, 6) is 0. The number of rotatable bonds is 2. The van der Waals surface area contributed by atoms with Crippen molar-refractivity contribution in [3.05, 3.63) is 85.8 Å². The van der Waals surface area contributed by atoms with E-state index in [4.69, 9.17) is 0 Å². The first-order chi connectivity index (χ1) is 12.7. The largest absolute Gasteiger partial charge is 0.273 e. The molecule has 0 unspecified atom stereocenters. The van der Waals surface area contributed by atoms with Crippen LogP contribution in [0.5, 0.6) is 0 Å². The molecule has 0 radical (unpaired) electrons. The second-order valence-electron chi connectivity index (χ2n) is 6.18. The number of fused-ring (bicyclic) bond motifs is 2. The molecule has 0 amide bonds. The minimum Gasteiger partial charge on any atom is -0.268 e. The van der Waals surface area contributed by atoms with Crippen molar-refractivity contribution in [3.8, 4) is 11.4 Å². The van der Waals surface area contributed by atoms with Crippen molar-refractivity contribution in [2.75, 3.05) is 0 Å². The third-order valence-corrected chi connectivity index (χ3v) is 6.82. The predicted octanol–water partition coefficient (Wildman–Crippen LogP) is 4.22. The monoisotopic (exact) mass is 378 g/mol. The summed E-state index contributed by atoms with van der Waals surface area (Å²) in [5.41, 5.74) is 2.62. The van der Waals surface area contributed by atoms with Crippen molar-refractivity contribution >= 4 is 39.2 Å². The van der Waals surface area contributed by atoms with Gasteiger partial charge in [-0.3, -0.25) is 9.59 Å². The SMILES string of the molecule is O=c1c2c(sn1-c1ccc(-n3sc4ccccc4c3=O)cc1)C=CCC2. The Hall–Kier alpha value is -2.70. The van der Waals surface area contributed by atoms with E-state index in [-0.39, 0.29) is 11.1 Å². The van der Waals surface area contributed by atoms with Gasteiger partial charge in [-0.05, 0) is 55.3 Å². The molecule has 2 aromatic heterocycles. The molecule has 2 heterocycles. The van der Waals surface area contributed by atoms with E-state index in [2.05, 4.69) is 6.08 Å². The van der Waals surface area contributed by atoms with Gasteiger partial charge in [-0.2, -0.15) is 0 Å². The molecule has 0 N–H and O–H groups in total. The number of hydrogen-bond acceptors (Lipinski definition) is 4. The highest BCUT2D eigenvalue weighted by Gasteiger charge is 2.16. The van der Waals surface area contributed by atoms with Gasteiger partial charge in [0.15, 0.2) is 0 Å². The van der Waals surface area contributed by atoms with E-state index in [9.17, 15) is 9.59 Å². The van der Waals surface area contributed by atoms with Crippen molar-refractivity contribution in [3.63, 3.8) is 0 Å². The van der Waals surface area contributed by atoms with Crippen LogP contribution in [0.4, 0.5) is 0 Å². The molecule has 1 aliphatic rings. The Labute approximate surface area is 157 Å². The number of nitrogens with zero attached hydrogens (tertiary/aromatic N) is 2. The normalized spacial score (nSPS) is 13.2. The molecule has 5 rings (SSSR count). The topological polar surface area (TPSA) is 44.0 Å². The Bertz CT molecular complexity index is 1270. The number of allylic oxidation sites excluding steroid dienone is 1. The lowest BCUT2D eigenvalue weighted by Gasteiger charge is -2.03. The van der Waals surface area contributed by atoms with Gasteiger partial charge in [0.1, 0.15) is 0 Å². The summed E-state index contributed by atoms with van der Waals surface area (Å²) in [6, 6.07) is 15.2. The summed E-state index contributed by atoms with van der Waals surface area (Å²) in [5, 5.41) is 0.732. The highest BCUT2D eigenvalue weighted by atomic mass is 32.1. The van der Waals surface area contributed by atoms with Gasteiger partial charge in [0.05, 0.1) is 26.3 Å². The summed E-state index contributed by atoms with van der Waals surface area (Å²) >= 11 is 2.91. The van der Waals surface area contributed by atoms with Crippen LogP contribution >= 0.6 is 23.1 Å². The highest BCUT2D eigenvalue weighted by molar-refractivity contribution is 7.14. The fraction of sp³-hybridized carbons (Fsp3) is 0.100. The standard InChI is InChI=1S/C20H14N2O2S2/c23-19-15-5-1-3-7-17(15)25-21(19)13-9-11-14(12-10-13)22-20(24)16-6-2-4-8-18(16)26-22/h1,3-5,7-12H,2,6H2. The number of aromatic nitrogens is 2. The van der Waals surface area contributed by atoms with E-state index >= 15 is 0 Å². The zero-order chi connectivity index (χ0) is 17.7. The van der Waals surface area contributed by atoms with Crippen LogP contribution in [0.25, 0.3) is 27.5 Å². The fourth-order valence-electron chi connectivity index (χ4n) is 3.24. The van der Waals surface area contributed by atoms with Gasteiger partial charge in [-0.25, -0.2) is 7.91 Å². The van der Waals surface area contributed by atoms with Crippen molar-refractivity contribution in [1.82, 2.24) is 7.91 Å². The third kappa shape index (κ3) is 2.34.